The summed E-state index contributed by atoms with van der Waals surface area (Å²) in [5.41, 5.74) is 7.32. The normalized spacial score (nSPS) is 19.5. The summed E-state index contributed by atoms with van der Waals surface area (Å²) < 4.78 is 0.875. The van der Waals surface area contributed by atoms with E-state index in [1.165, 1.54) is 24.8 Å². The van der Waals surface area contributed by atoms with E-state index >= 15 is 0 Å². The highest BCUT2D eigenvalue weighted by Gasteiger charge is 2.25. The fourth-order valence-electron chi connectivity index (χ4n) is 1.70. The van der Waals surface area contributed by atoms with Crippen LogP contribution in [-0.4, -0.2) is 4.98 Å². The summed E-state index contributed by atoms with van der Waals surface area (Å²) in [6.07, 6.45) is 5.70. The molecule has 0 amide bonds. The predicted molar refractivity (Wildman–Crippen MR) is 56.2 cm³/mol. The van der Waals surface area contributed by atoms with Gasteiger partial charge in [-0.2, -0.15) is 0 Å². The summed E-state index contributed by atoms with van der Waals surface area (Å²) in [4.78, 5) is 4.09. The Morgan fingerprint density at radius 1 is 1.54 bits per heavy atom. The second-order valence-corrected chi connectivity index (χ2v) is 4.44. The molecule has 0 spiro atoms. The summed E-state index contributed by atoms with van der Waals surface area (Å²) in [6, 6.07) is 4.23. The molecular formula is C10H13BrN2. The lowest BCUT2D eigenvalue weighted by atomic mass is 9.78. The fourth-order valence-corrected chi connectivity index (χ4v) is 2.08. The number of hydrogen-bond donors (Lipinski definition) is 1. The van der Waals surface area contributed by atoms with Gasteiger partial charge in [-0.15, -0.1) is 0 Å². The Bertz CT molecular complexity index is 297. The average molecular weight is 241 g/mol. The van der Waals surface area contributed by atoms with Gasteiger partial charge in [-0.05, 0) is 52.4 Å². The second-order valence-electron chi connectivity index (χ2n) is 3.63. The molecule has 0 aromatic carbocycles. The summed E-state index contributed by atoms with van der Waals surface area (Å²) >= 11 is 3.35. The second kappa shape index (κ2) is 3.76. The topological polar surface area (TPSA) is 38.9 Å². The summed E-state index contributed by atoms with van der Waals surface area (Å²) in [5.74, 6) is 0.689. The van der Waals surface area contributed by atoms with Gasteiger partial charge in [0.25, 0.3) is 0 Å². The maximum Gasteiger partial charge on any atom is 0.106 e. The highest BCUT2D eigenvalue weighted by atomic mass is 79.9. The molecule has 13 heavy (non-hydrogen) atoms. The molecule has 0 aliphatic heterocycles. The van der Waals surface area contributed by atoms with E-state index in [0.717, 1.165) is 4.60 Å². The third-order valence-electron chi connectivity index (χ3n) is 2.79. The fraction of sp³-hybridized carbons (Fsp3) is 0.500. The molecule has 0 unspecified atom stereocenters. The SMILES string of the molecule is N[C@H](c1ccnc(Br)c1)C1CCC1. The Morgan fingerprint density at radius 2 is 2.31 bits per heavy atom. The van der Waals surface area contributed by atoms with Crippen LogP contribution in [0.3, 0.4) is 0 Å². The van der Waals surface area contributed by atoms with Gasteiger partial charge < -0.3 is 5.73 Å². The molecule has 1 aromatic heterocycles. The summed E-state index contributed by atoms with van der Waals surface area (Å²) in [7, 11) is 0. The predicted octanol–water partition coefficient (Wildman–Crippen LogP) is 2.64. The monoisotopic (exact) mass is 240 g/mol. The van der Waals surface area contributed by atoms with Gasteiger partial charge >= 0.3 is 0 Å². The highest BCUT2D eigenvalue weighted by molar-refractivity contribution is 9.10. The van der Waals surface area contributed by atoms with Crippen LogP contribution in [0.4, 0.5) is 0 Å². The van der Waals surface area contributed by atoms with Crippen LogP contribution in [0.5, 0.6) is 0 Å². The van der Waals surface area contributed by atoms with E-state index in [0.29, 0.717) is 5.92 Å². The first-order chi connectivity index (χ1) is 6.27. The molecule has 1 heterocycles. The van der Waals surface area contributed by atoms with Gasteiger partial charge in [-0.1, -0.05) is 6.42 Å². The first-order valence-electron chi connectivity index (χ1n) is 4.64. The van der Waals surface area contributed by atoms with Gasteiger partial charge in [0.1, 0.15) is 4.60 Å². The van der Waals surface area contributed by atoms with Crippen molar-refractivity contribution in [1.82, 2.24) is 4.98 Å². The lowest BCUT2D eigenvalue weighted by Crippen LogP contribution is -2.26. The first kappa shape index (κ1) is 9.16. The van der Waals surface area contributed by atoms with Crippen LogP contribution in [0.15, 0.2) is 22.9 Å². The van der Waals surface area contributed by atoms with Gasteiger partial charge in [0.05, 0.1) is 0 Å². The highest BCUT2D eigenvalue weighted by Crippen LogP contribution is 2.36. The van der Waals surface area contributed by atoms with E-state index in [4.69, 9.17) is 5.73 Å². The number of aromatic nitrogens is 1. The zero-order valence-electron chi connectivity index (χ0n) is 7.41. The van der Waals surface area contributed by atoms with E-state index in [1.54, 1.807) is 6.20 Å². The number of hydrogen-bond acceptors (Lipinski definition) is 2. The number of pyridine rings is 1. The molecule has 0 bridgehead atoms. The Balaban J connectivity index is 2.14. The molecular weight excluding hydrogens is 228 g/mol. The Kier molecular flexibility index (Phi) is 2.65. The third-order valence-corrected chi connectivity index (χ3v) is 3.23. The molecule has 0 radical (unpaired) electrons. The van der Waals surface area contributed by atoms with Crippen LogP contribution < -0.4 is 5.73 Å². The molecule has 2 N–H and O–H groups in total. The molecule has 1 aliphatic carbocycles. The van der Waals surface area contributed by atoms with Gasteiger partial charge in [0.15, 0.2) is 0 Å². The zero-order chi connectivity index (χ0) is 9.26. The number of nitrogens with zero attached hydrogens (tertiary/aromatic N) is 1. The van der Waals surface area contributed by atoms with Crippen LogP contribution >= 0.6 is 15.9 Å². The van der Waals surface area contributed by atoms with E-state index < -0.39 is 0 Å². The van der Waals surface area contributed by atoms with E-state index in [-0.39, 0.29) is 6.04 Å². The van der Waals surface area contributed by atoms with E-state index in [9.17, 15) is 0 Å². The standard InChI is InChI=1S/C10H13BrN2/c11-9-6-8(4-5-13-9)10(12)7-2-1-3-7/h4-7,10H,1-3,12H2/t10-/m0/s1. The molecule has 70 valence electrons. The molecule has 1 atom stereocenters. The van der Waals surface area contributed by atoms with Crippen molar-refractivity contribution < 1.29 is 0 Å². The molecule has 1 fully saturated rings. The van der Waals surface area contributed by atoms with Crippen LogP contribution in [0.1, 0.15) is 30.9 Å². The third kappa shape index (κ3) is 1.92. The minimum Gasteiger partial charge on any atom is -0.324 e. The Labute approximate surface area is 86.7 Å². The quantitative estimate of drug-likeness (QED) is 0.808. The first-order valence-corrected chi connectivity index (χ1v) is 5.43. The number of nitrogens with two attached hydrogens (primary N) is 1. The van der Waals surface area contributed by atoms with Gasteiger partial charge in [-0.25, -0.2) is 4.98 Å². The summed E-state index contributed by atoms with van der Waals surface area (Å²) in [6.45, 7) is 0. The molecule has 1 aliphatic rings. The number of rotatable bonds is 2. The molecule has 1 aromatic rings. The van der Waals surface area contributed by atoms with Crippen molar-refractivity contribution >= 4 is 15.9 Å². The maximum atomic E-state index is 6.12. The van der Waals surface area contributed by atoms with Crippen molar-refractivity contribution in [2.24, 2.45) is 11.7 Å². The largest absolute Gasteiger partial charge is 0.324 e. The molecule has 3 heteroatoms. The van der Waals surface area contributed by atoms with Gasteiger partial charge in [-0.3, -0.25) is 0 Å². The van der Waals surface area contributed by atoms with Gasteiger partial charge in [0.2, 0.25) is 0 Å². The molecule has 0 saturated heterocycles. The molecule has 1 saturated carbocycles. The van der Waals surface area contributed by atoms with Crippen LogP contribution in [0.2, 0.25) is 0 Å². The van der Waals surface area contributed by atoms with E-state index in [1.807, 2.05) is 12.1 Å². The molecule has 2 rings (SSSR count). The van der Waals surface area contributed by atoms with E-state index in [2.05, 4.69) is 20.9 Å². The van der Waals surface area contributed by atoms with Crippen molar-refractivity contribution in [3.8, 4) is 0 Å². The smallest absolute Gasteiger partial charge is 0.106 e. The minimum absolute atomic E-state index is 0.202. The Morgan fingerprint density at radius 3 is 2.85 bits per heavy atom. The minimum atomic E-state index is 0.202. The zero-order valence-corrected chi connectivity index (χ0v) is 9.00. The van der Waals surface area contributed by atoms with Crippen molar-refractivity contribution in [2.45, 2.75) is 25.3 Å². The lowest BCUT2D eigenvalue weighted by molar-refractivity contribution is 0.264. The average Bonchev–Trinajstić information content (AvgIpc) is 2.01. The number of halogens is 1. The van der Waals surface area contributed by atoms with Crippen molar-refractivity contribution in [3.05, 3.63) is 28.5 Å². The van der Waals surface area contributed by atoms with Crippen molar-refractivity contribution in [1.29, 1.82) is 0 Å². The van der Waals surface area contributed by atoms with Crippen LogP contribution in [0.25, 0.3) is 0 Å². The lowest BCUT2D eigenvalue weighted by Gasteiger charge is -2.31. The van der Waals surface area contributed by atoms with Crippen molar-refractivity contribution in [2.75, 3.05) is 0 Å². The maximum absolute atomic E-state index is 6.12. The van der Waals surface area contributed by atoms with Crippen molar-refractivity contribution in [3.63, 3.8) is 0 Å². The van der Waals surface area contributed by atoms with Crippen LogP contribution in [-0.2, 0) is 0 Å². The van der Waals surface area contributed by atoms with Gasteiger partial charge in [0, 0.05) is 12.2 Å². The Hall–Kier alpha value is -0.410. The summed E-state index contributed by atoms with van der Waals surface area (Å²) in [5, 5.41) is 0. The molecule has 2 nitrogen and oxygen atoms in total. The van der Waals surface area contributed by atoms with Crippen LogP contribution in [0, 0.1) is 5.92 Å².